The molecular formula is C11H16ClNO. The maximum absolute atomic E-state index is 5.68. The van der Waals surface area contributed by atoms with Gasteiger partial charge in [-0.05, 0) is 43.0 Å². The van der Waals surface area contributed by atoms with Gasteiger partial charge in [0.25, 0.3) is 0 Å². The summed E-state index contributed by atoms with van der Waals surface area (Å²) in [6.45, 7) is 3.00. The van der Waals surface area contributed by atoms with Gasteiger partial charge in [0, 0.05) is 6.04 Å². The minimum atomic E-state index is 0.469. The van der Waals surface area contributed by atoms with E-state index in [1.54, 1.807) is 6.07 Å². The average molecular weight is 214 g/mol. The molecule has 14 heavy (non-hydrogen) atoms. The third-order valence-corrected chi connectivity index (χ3v) is 2.84. The van der Waals surface area contributed by atoms with Crippen LogP contribution in [0.3, 0.4) is 0 Å². The Morgan fingerprint density at radius 3 is 2.93 bits per heavy atom. The third-order valence-electron chi connectivity index (χ3n) is 2.64. The highest BCUT2D eigenvalue weighted by atomic mass is 35.5. The number of furan rings is 1. The third kappa shape index (κ3) is 3.03. The van der Waals surface area contributed by atoms with Gasteiger partial charge < -0.3 is 9.73 Å². The van der Waals surface area contributed by atoms with Gasteiger partial charge in [0.1, 0.15) is 5.76 Å². The summed E-state index contributed by atoms with van der Waals surface area (Å²) in [7, 11) is 0. The second kappa shape index (κ2) is 4.37. The van der Waals surface area contributed by atoms with Crippen molar-refractivity contribution in [3.05, 3.63) is 23.1 Å². The lowest BCUT2D eigenvalue weighted by Crippen LogP contribution is -2.25. The molecule has 0 spiro atoms. The van der Waals surface area contributed by atoms with Crippen LogP contribution in [0.15, 0.2) is 16.5 Å². The number of rotatable bonds is 5. The molecule has 0 amide bonds. The standard InChI is InChI=1S/C11H16ClNO/c1-8(6-9-2-3-9)13-7-10-4-5-11(12)14-10/h4-5,8-9,13H,2-3,6-7H2,1H3. The van der Waals surface area contributed by atoms with E-state index in [1.807, 2.05) is 6.07 Å². The number of nitrogens with one attached hydrogen (secondary N) is 1. The first-order valence-corrected chi connectivity index (χ1v) is 5.59. The maximum atomic E-state index is 5.68. The SMILES string of the molecule is CC(CC1CC1)NCc1ccc(Cl)o1. The van der Waals surface area contributed by atoms with Crippen molar-refractivity contribution in [1.82, 2.24) is 5.32 Å². The van der Waals surface area contributed by atoms with Crippen molar-refractivity contribution < 1.29 is 4.42 Å². The molecule has 1 saturated carbocycles. The van der Waals surface area contributed by atoms with Gasteiger partial charge in [-0.1, -0.05) is 12.8 Å². The van der Waals surface area contributed by atoms with Crippen molar-refractivity contribution in [2.75, 3.05) is 0 Å². The van der Waals surface area contributed by atoms with E-state index in [2.05, 4.69) is 12.2 Å². The van der Waals surface area contributed by atoms with Crippen molar-refractivity contribution in [3.63, 3.8) is 0 Å². The molecule has 1 fully saturated rings. The van der Waals surface area contributed by atoms with Crippen LogP contribution in [0.2, 0.25) is 5.22 Å². The molecule has 2 nitrogen and oxygen atoms in total. The van der Waals surface area contributed by atoms with Gasteiger partial charge in [0.2, 0.25) is 0 Å². The molecule has 1 aliphatic rings. The Labute approximate surface area is 89.6 Å². The smallest absolute Gasteiger partial charge is 0.193 e. The summed E-state index contributed by atoms with van der Waals surface area (Å²) < 4.78 is 5.26. The van der Waals surface area contributed by atoms with Crippen molar-refractivity contribution >= 4 is 11.6 Å². The zero-order valence-corrected chi connectivity index (χ0v) is 9.18. The normalized spacial score (nSPS) is 18.4. The van der Waals surface area contributed by atoms with Crippen LogP contribution in [-0.2, 0) is 6.54 Å². The van der Waals surface area contributed by atoms with Crippen LogP contribution in [0.5, 0.6) is 0 Å². The number of halogens is 1. The summed E-state index contributed by atoms with van der Waals surface area (Å²) >= 11 is 5.68. The molecule has 1 aromatic heterocycles. The molecular weight excluding hydrogens is 198 g/mol. The average Bonchev–Trinajstić information content (AvgIpc) is 2.85. The van der Waals surface area contributed by atoms with E-state index < -0.39 is 0 Å². The van der Waals surface area contributed by atoms with E-state index in [0.29, 0.717) is 11.3 Å². The van der Waals surface area contributed by atoms with E-state index in [0.717, 1.165) is 18.2 Å². The summed E-state index contributed by atoms with van der Waals surface area (Å²) in [5.41, 5.74) is 0. The fourth-order valence-electron chi connectivity index (χ4n) is 1.66. The highest BCUT2D eigenvalue weighted by Gasteiger charge is 2.23. The monoisotopic (exact) mass is 213 g/mol. The molecule has 1 aromatic rings. The first kappa shape index (κ1) is 10.1. The zero-order chi connectivity index (χ0) is 9.97. The van der Waals surface area contributed by atoms with Crippen molar-refractivity contribution in [2.24, 2.45) is 5.92 Å². The summed E-state index contributed by atoms with van der Waals surface area (Å²) in [6, 6.07) is 4.27. The molecule has 1 aliphatic carbocycles. The summed E-state index contributed by atoms with van der Waals surface area (Å²) in [6.07, 6.45) is 4.12. The van der Waals surface area contributed by atoms with Gasteiger partial charge in [0.05, 0.1) is 6.54 Å². The van der Waals surface area contributed by atoms with Crippen LogP contribution in [0.1, 0.15) is 31.9 Å². The van der Waals surface area contributed by atoms with Gasteiger partial charge in [-0.3, -0.25) is 0 Å². The quantitative estimate of drug-likeness (QED) is 0.813. The molecule has 0 aliphatic heterocycles. The van der Waals surface area contributed by atoms with Crippen molar-refractivity contribution in [2.45, 2.75) is 38.8 Å². The largest absolute Gasteiger partial charge is 0.448 e. The molecule has 1 heterocycles. The molecule has 1 N–H and O–H groups in total. The predicted octanol–water partition coefficient (Wildman–Crippen LogP) is 3.21. The fourth-order valence-corrected chi connectivity index (χ4v) is 1.82. The van der Waals surface area contributed by atoms with E-state index in [-0.39, 0.29) is 0 Å². The van der Waals surface area contributed by atoms with Gasteiger partial charge in [0.15, 0.2) is 5.22 Å². The molecule has 78 valence electrons. The number of hydrogen-bond donors (Lipinski definition) is 1. The van der Waals surface area contributed by atoms with Crippen molar-refractivity contribution in [1.29, 1.82) is 0 Å². The van der Waals surface area contributed by atoms with E-state index in [1.165, 1.54) is 19.3 Å². The molecule has 1 unspecified atom stereocenters. The molecule has 1 atom stereocenters. The van der Waals surface area contributed by atoms with E-state index in [4.69, 9.17) is 16.0 Å². The second-order valence-electron chi connectivity index (χ2n) is 4.17. The van der Waals surface area contributed by atoms with Crippen LogP contribution in [0.4, 0.5) is 0 Å². The lowest BCUT2D eigenvalue weighted by Gasteiger charge is -2.11. The van der Waals surface area contributed by atoms with Gasteiger partial charge in [-0.25, -0.2) is 0 Å². The van der Waals surface area contributed by atoms with Gasteiger partial charge in [-0.2, -0.15) is 0 Å². The fraction of sp³-hybridized carbons (Fsp3) is 0.636. The first-order valence-electron chi connectivity index (χ1n) is 5.21. The Balaban J connectivity index is 1.70. The topological polar surface area (TPSA) is 25.2 Å². The van der Waals surface area contributed by atoms with Gasteiger partial charge >= 0.3 is 0 Å². The molecule has 2 rings (SSSR count). The first-order chi connectivity index (χ1) is 6.74. The summed E-state index contributed by atoms with van der Waals surface area (Å²) in [5.74, 6) is 1.88. The molecule has 3 heteroatoms. The Hall–Kier alpha value is -0.470. The lowest BCUT2D eigenvalue weighted by molar-refractivity contribution is 0.434. The molecule has 0 bridgehead atoms. The Bertz CT molecular complexity index is 293. The van der Waals surface area contributed by atoms with E-state index in [9.17, 15) is 0 Å². The zero-order valence-electron chi connectivity index (χ0n) is 8.42. The van der Waals surface area contributed by atoms with Crippen LogP contribution < -0.4 is 5.32 Å². The lowest BCUT2D eigenvalue weighted by atomic mass is 10.1. The van der Waals surface area contributed by atoms with Crippen LogP contribution in [0.25, 0.3) is 0 Å². The minimum Gasteiger partial charge on any atom is -0.448 e. The van der Waals surface area contributed by atoms with Crippen molar-refractivity contribution in [3.8, 4) is 0 Å². The molecule has 0 saturated heterocycles. The van der Waals surface area contributed by atoms with Crippen LogP contribution in [-0.4, -0.2) is 6.04 Å². The Kier molecular flexibility index (Phi) is 3.14. The summed E-state index contributed by atoms with van der Waals surface area (Å²) in [5, 5.41) is 3.90. The van der Waals surface area contributed by atoms with Gasteiger partial charge in [-0.15, -0.1) is 0 Å². The van der Waals surface area contributed by atoms with Crippen LogP contribution >= 0.6 is 11.6 Å². The highest BCUT2D eigenvalue weighted by molar-refractivity contribution is 6.28. The number of hydrogen-bond acceptors (Lipinski definition) is 2. The second-order valence-corrected chi connectivity index (χ2v) is 4.54. The van der Waals surface area contributed by atoms with Crippen LogP contribution in [0, 0.1) is 5.92 Å². The molecule has 0 aromatic carbocycles. The van der Waals surface area contributed by atoms with E-state index >= 15 is 0 Å². The molecule has 0 radical (unpaired) electrons. The minimum absolute atomic E-state index is 0.469. The summed E-state index contributed by atoms with van der Waals surface area (Å²) in [4.78, 5) is 0. The maximum Gasteiger partial charge on any atom is 0.193 e. The predicted molar refractivity (Wildman–Crippen MR) is 57.4 cm³/mol. The highest BCUT2D eigenvalue weighted by Crippen LogP contribution is 2.33. The Morgan fingerprint density at radius 2 is 2.36 bits per heavy atom. The Morgan fingerprint density at radius 1 is 1.57 bits per heavy atom.